The largest absolute Gasteiger partial charge is 0.347 e. The van der Waals surface area contributed by atoms with Gasteiger partial charge in [0.1, 0.15) is 23.3 Å². The third-order valence-electron chi connectivity index (χ3n) is 6.09. The highest BCUT2D eigenvalue weighted by molar-refractivity contribution is 7.99. The Bertz CT molecular complexity index is 1090. The smallest absolute Gasteiger partial charge is 0.193 e. The quantitative estimate of drug-likeness (QED) is 0.666. The fourth-order valence-corrected chi connectivity index (χ4v) is 5.81. The van der Waals surface area contributed by atoms with Crippen LogP contribution in [-0.4, -0.2) is 47.5 Å². The van der Waals surface area contributed by atoms with Gasteiger partial charge in [-0.2, -0.15) is 0 Å². The molecule has 3 aromatic heterocycles. The lowest BCUT2D eigenvalue weighted by atomic mass is 9.76. The number of halogens is 1. The van der Waals surface area contributed by atoms with Gasteiger partial charge in [-0.25, -0.2) is 14.4 Å². The summed E-state index contributed by atoms with van der Waals surface area (Å²) >= 11 is 1.45. The van der Waals surface area contributed by atoms with Crippen LogP contribution < -0.4 is 10.7 Å². The number of imidazole rings is 1. The second kappa shape index (κ2) is 7.63. The summed E-state index contributed by atoms with van der Waals surface area (Å²) in [6.07, 6.45) is 12.8. The van der Waals surface area contributed by atoms with E-state index in [-0.39, 0.29) is 10.7 Å². The second-order valence-corrected chi connectivity index (χ2v) is 9.51. The average molecular weight is 427 g/mol. The van der Waals surface area contributed by atoms with E-state index in [1.807, 2.05) is 6.92 Å². The number of hydrogen-bond donors (Lipinski definition) is 2. The van der Waals surface area contributed by atoms with Crippen LogP contribution in [0.1, 0.15) is 32.6 Å². The van der Waals surface area contributed by atoms with Gasteiger partial charge in [-0.3, -0.25) is 14.3 Å². The minimum Gasteiger partial charge on any atom is -0.347 e. The summed E-state index contributed by atoms with van der Waals surface area (Å²) in [5, 5.41) is 4.02. The first-order valence-electron chi connectivity index (χ1n) is 10.1. The summed E-state index contributed by atoms with van der Waals surface area (Å²) in [6.45, 7) is 1.99. The van der Waals surface area contributed by atoms with Gasteiger partial charge >= 0.3 is 0 Å². The standard InChI is InChI=1S/C21H23FN6OS/c1-21-4-2-3-13(27-21)7-17(20(21)22)30-19-11-24-15(10-26-19)14-9-25-18(8-16(14)29)28-6-5-23-12-28/h5-6,8-13,17,20,27H,2-4,7H2,1H3,(H,25,29)/t13?,17-,20+,21+/m1/s1. The first-order valence-corrected chi connectivity index (χ1v) is 11.0. The van der Waals surface area contributed by atoms with Gasteiger partial charge in [-0.1, -0.05) is 11.8 Å². The van der Waals surface area contributed by atoms with Crippen LogP contribution in [0.5, 0.6) is 0 Å². The molecule has 2 aliphatic rings. The van der Waals surface area contributed by atoms with E-state index in [1.54, 1.807) is 41.9 Å². The van der Waals surface area contributed by atoms with E-state index in [0.29, 0.717) is 28.1 Å². The normalized spacial score (nSPS) is 28.4. The number of piperidine rings is 2. The van der Waals surface area contributed by atoms with Gasteiger partial charge in [0.15, 0.2) is 5.43 Å². The number of alkyl halides is 1. The minimum absolute atomic E-state index is 0.139. The molecule has 156 valence electrons. The van der Waals surface area contributed by atoms with Crippen molar-refractivity contribution in [3.05, 3.63) is 53.6 Å². The van der Waals surface area contributed by atoms with Crippen molar-refractivity contribution in [2.45, 2.75) is 60.6 Å². The predicted octanol–water partition coefficient (Wildman–Crippen LogP) is 3.12. The van der Waals surface area contributed by atoms with E-state index in [9.17, 15) is 4.79 Å². The fraction of sp³-hybridized carbons (Fsp3) is 0.429. The lowest BCUT2D eigenvalue weighted by Gasteiger charge is -2.49. The molecule has 0 radical (unpaired) electrons. The number of thioether (sulfide) groups is 1. The first kappa shape index (κ1) is 19.4. The topological polar surface area (TPSA) is 88.5 Å². The molecule has 0 aromatic carbocycles. The SMILES string of the molecule is C[C@]12CCCC(C[C@@H](Sc3cnc(-c4c[nH]c(-n5ccnc5)cc4=O)cn3)[C@@H]1F)N2. The molecule has 3 aromatic rings. The molecule has 2 aliphatic heterocycles. The van der Waals surface area contributed by atoms with Crippen molar-refractivity contribution in [2.24, 2.45) is 0 Å². The van der Waals surface area contributed by atoms with Gasteiger partial charge in [0.25, 0.3) is 0 Å². The van der Waals surface area contributed by atoms with Crippen LogP contribution in [0.25, 0.3) is 17.1 Å². The average Bonchev–Trinajstić information content (AvgIpc) is 3.28. The summed E-state index contributed by atoms with van der Waals surface area (Å²) in [6, 6.07) is 1.87. The number of nitrogens with one attached hydrogen (secondary N) is 2. The van der Waals surface area contributed by atoms with E-state index in [0.717, 1.165) is 25.7 Å². The van der Waals surface area contributed by atoms with Gasteiger partial charge in [-0.15, -0.1) is 0 Å². The third-order valence-corrected chi connectivity index (χ3v) is 7.28. The van der Waals surface area contributed by atoms with Crippen LogP contribution in [-0.2, 0) is 0 Å². The number of aromatic amines is 1. The van der Waals surface area contributed by atoms with Crippen LogP contribution in [0.4, 0.5) is 4.39 Å². The zero-order valence-corrected chi connectivity index (χ0v) is 17.4. The molecular weight excluding hydrogens is 403 g/mol. The minimum atomic E-state index is -0.931. The molecule has 0 saturated carbocycles. The van der Waals surface area contributed by atoms with Gasteiger partial charge in [0.05, 0.1) is 23.7 Å². The monoisotopic (exact) mass is 426 g/mol. The molecule has 4 atom stereocenters. The highest BCUT2D eigenvalue weighted by Gasteiger charge is 2.48. The van der Waals surface area contributed by atoms with Crippen molar-refractivity contribution in [1.29, 1.82) is 0 Å². The molecule has 0 spiro atoms. The lowest BCUT2D eigenvalue weighted by molar-refractivity contribution is 0.0642. The van der Waals surface area contributed by atoms with Crippen molar-refractivity contribution in [3.8, 4) is 17.1 Å². The van der Waals surface area contributed by atoms with E-state index in [4.69, 9.17) is 0 Å². The van der Waals surface area contributed by atoms with Gasteiger partial charge in [0.2, 0.25) is 0 Å². The Morgan fingerprint density at radius 3 is 2.97 bits per heavy atom. The number of nitrogens with zero attached hydrogens (tertiary/aromatic N) is 4. The number of aromatic nitrogens is 5. The Morgan fingerprint density at radius 2 is 2.23 bits per heavy atom. The van der Waals surface area contributed by atoms with E-state index in [2.05, 4.69) is 25.3 Å². The summed E-state index contributed by atoms with van der Waals surface area (Å²) in [5.41, 5.74) is 0.324. The summed E-state index contributed by atoms with van der Waals surface area (Å²) < 4.78 is 16.9. The van der Waals surface area contributed by atoms with Gasteiger partial charge < -0.3 is 10.3 Å². The van der Waals surface area contributed by atoms with Gasteiger partial charge in [-0.05, 0) is 32.6 Å². The molecule has 2 fully saturated rings. The van der Waals surface area contributed by atoms with E-state index in [1.165, 1.54) is 17.8 Å². The first-order chi connectivity index (χ1) is 14.5. The van der Waals surface area contributed by atoms with Crippen molar-refractivity contribution in [2.75, 3.05) is 0 Å². The van der Waals surface area contributed by atoms with Crippen molar-refractivity contribution in [3.63, 3.8) is 0 Å². The molecule has 2 bridgehead atoms. The zero-order valence-electron chi connectivity index (χ0n) is 16.6. The summed E-state index contributed by atoms with van der Waals surface area (Å²) in [5.74, 6) is 0.625. The summed E-state index contributed by atoms with van der Waals surface area (Å²) in [4.78, 5) is 28.5. The van der Waals surface area contributed by atoms with Crippen molar-refractivity contribution < 1.29 is 4.39 Å². The maximum atomic E-state index is 15.2. The molecule has 2 N–H and O–H groups in total. The number of rotatable bonds is 4. The lowest BCUT2D eigenvalue weighted by Crippen LogP contribution is -2.64. The van der Waals surface area contributed by atoms with E-state index < -0.39 is 11.7 Å². The Hall–Kier alpha value is -2.52. The fourth-order valence-electron chi connectivity index (χ4n) is 4.52. The van der Waals surface area contributed by atoms with Crippen LogP contribution in [0.15, 0.2) is 53.2 Å². The van der Waals surface area contributed by atoms with Crippen LogP contribution >= 0.6 is 11.8 Å². The third kappa shape index (κ3) is 3.56. The number of fused-ring (bicyclic) bond motifs is 2. The Labute approximate surface area is 177 Å². The van der Waals surface area contributed by atoms with Gasteiger partial charge in [0, 0.05) is 41.5 Å². The molecule has 7 nitrogen and oxygen atoms in total. The number of H-pyrrole nitrogens is 1. The number of pyridine rings is 1. The Kier molecular flexibility index (Phi) is 4.94. The molecule has 5 heterocycles. The van der Waals surface area contributed by atoms with Crippen LogP contribution in [0, 0.1) is 0 Å². The summed E-state index contributed by atoms with van der Waals surface area (Å²) in [7, 11) is 0. The molecule has 0 amide bonds. The maximum absolute atomic E-state index is 15.2. The molecule has 30 heavy (non-hydrogen) atoms. The molecule has 5 rings (SSSR count). The molecule has 0 aliphatic carbocycles. The molecule has 2 saturated heterocycles. The highest BCUT2D eigenvalue weighted by atomic mass is 32.2. The van der Waals surface area contributed by atoms with E-state index >= 15 is 4.39 Å². The van der Waals surface area contributed by atoms with Crippen LogP contribution in [0.2, 0.25) is 0 Å². The second-order valence-electron chi connectivity index (χ2n) is 8.25. The number of hydrogen-bond acceptors (Lipinski definition) is 6. The highest BCUT2D eigenvalue weighted by Crippen LogP contribution is 2.42. The predicted molar refractivity (Wildman–Crippen MR) is 114 cm³/mol. The van der Waals surface area contributed by atoms with Crippen molar-refractivity contribution in [1.82, 2.24) is 29.8 Å². The molecular formula is C21H23FN6OS. The molecule has 9 heteroatoms. The Morgan fingerprint density at radius 1 is 1.33 bits per heavy atom. The zero-order chi connectivity index (χ0) is 20.7. The molecule has 1 unspecified atom stereocenters. The maximum Gasteiger partial charge on any atom is 0.193 e. The van der Waals surface area contributed by atoms with Crippen LogP contribution in [0.3, 0.4) is 0 Å². The Balaban J connectivity index is 1.33. The van der Waals surface area contributed by atoms with Crippen molar-refractivity contribution >= 4 is 11.8 Å².